The normalized spacial score (nSPS) is 12.9. The van der Waals surface area contributed by atoms with Gasteiger partial charge in [-0.3, -0.25) is 0 Å². The number of hydrogen-bond donors (Lipinski definition) is 1. The van der Waals surface area contributed by atoms with Crippen molar-refractivity contribution < 1.29 is 26.7 Å². The van der Waals surface area contributed by atoms with Crippen molar-refractivity contribution in [3.05, 3.63) is 29.3 Å². The van der Waals surface area contributed by atoms with E-state index in [-0.39, 0.29) is 18.0 Å². The van der Waals surface area contributed by atoms with E-state index >= 15 is 0 Å². The Kier molecular flexibility index (Phi) is 5.17. The van der Waals surface area contributed by atoms with Crippen molar-refractivity contribution in [3.63, 3.8) is 0 Å². The Hall–Kier alpha value is -1.12. The van der Waals surface area contributed by atoms with Gasteiger partial charge in [0.25, 0.3) is 0 Å². The average molecular weight is 311 g/mol. The molecule has 1 N–H and O–H groups in total. The highest BCUT2D eigenvalue weighted by atomic mass is 32.2. The maximum Gasteiger partial charge on any atom is 0.402 e. The van der Waals surface area contributed by atoms with Gasteiger partial charge in [0.05, 0.1) is 11.5 Å². The maximum absolute atomic E-state index is 12.4. The topological polar surface area (TPSA) is 57.6 Å². The van der Waals surface area contributed by atoms with Crippen LogP contribution >= 0.6 is 0 Å². The minimum absolute atomic E-state index is 0.213. The molecule has 0 aliphatic heterocycles. The highest BCUT2D eigenvalue weighted by Gasteiger charge is 2.36. The van der Waals surface area contributed by atoms with Crippen molar-refractivity contribution in [2.45, 2.75) is 31.5 Å². The van der Waals surface area contributed by atoms with Gasteiger partial charge in [-0.05, 0) is 24.1 Å². The molecule has 0 aromatic heterocycles. The van der Waals surface area contributed by atoms with Crippen molar-refractivity contribution in [2.24, 2.45) is 0 Å². The molecule has 114 valence electrons. The predicted molar refractivity (Wildman–Crippen MR) is 67.6 cm³/mol. The smallest absolute Gasteiger partial charge is 0.392 e. The van der Waals surface area contributed by atoms with Crippen LogP contribution in [0.3, 0.4) is 0 Å². The molecule has 20 heavy (non-hydrogen) atoms. The molecule has 0 atom stereocenters. The van der Waals surface area contributed by atoms with E-state index in [1.807, 2.05) is 0 Å². The van der Waals surface area contributed by atoms with Crippen LogP contribution in [0.4, 0.5) is 13.2 Å². The number of aliphatic hydroxyl groups excluding tert-OH is 1. The first-order chi connectivity index (χ1) is 9.11. The fourth-order valence-electron chi connectivity index (χ4n) is 1.73. The highest BCUT2D eigenvalue weighted by molar-refractivity contribution is 7.89. The first kappa shape index (κ1) is 16.9. The van der Waals surface area contributed by atoms with E-state index in [9.17, 15) is 21.6 Å². The summed E-state index contributed by atoms with van der Waals surface area (Å²) in [6, 6.07) is 4.18. The zero-order valence-corrected chi connectivity index (χ0v) is 11.9. The number of benzene rings is 1. The lowest BCUT2D eigenvalue weighted by atomic mass is 10.2. The number of alkyl halides is 3. The predicted octanol–water partition coefficient (Wildman–Crippen LogP) is 2.06. The molecule has 0 amide bonds. The number of halogens is 3. The van der Waals surface area contributed by atoms with Crippen LogP contribution < -0.4 is 0 Å². The van der Waals surface area contributed by atoms with Gasteiger partial charge in [-0.15, -0.1) is 0 Å². The Balaban J connectivity index is 3.27. The summed E-state index contributed by atoms with van der Waals surface area (Å²) in [6.45, 7) is 0.636. The lowest BCUT2D eigenvalue weighted by Crippen LogP contribution is -2.39. The summed E-state index contributed by atoms with van der Waals surface area (Å²) in [6.07, 6.45) is -4.61. The molecule has 0 radical (unpaired) electrons. The molecule has 0 fully saturated rings. The van der Waals surface area contributed by atoms with Crippen molar-refractivity contribution in [2.75, 3.05) is 13.1 Å². The molecule has 0 aliphatic rings. The van der Waals surface area contributed by atoms with E-state index < -0.39 is 22.7 Å². The van der Waals surface area contributed by atoms with Crippen LogP contribution in [0.2, 0.25) is 0 Å². The van der Waals surface area contributed by atoms with Gasteiger partial charge in [0.15, 0.2) is 0 Å². The van der Waals surface area contributed by atoms with Crippen LogP contribution in [0.1, 0.15) is 18.1 Å². The van der Waals surface area contributed by atoms with Crippen LogP contribution in [0.5, 0.6) is 0 Å². The second kappa shape index (κ2) is 6.11. The van der Waals surface area contributed by atoms with Gasteiger partial charge in [0, 0.05) is 6.54 Å². The fourth-order valence-corrected chi connectivity index (χ4v) is 3.44. The van der Waals surface area contributed by atoms with Crippen LogP contribution in [-0.4, -0.2) is 37.1 Å². The molecule has 0 bridgehead atoms. The number of sulfonamides is 1. The van der Waals surface area contributed by atoms with Crippen LogP contribution in [-0.2, 0) is 16.6 Å². The molecular weight excluding hydrogens is 295 g/mol. The number of rotatable bonds is 5. The van der Waals surface area contributed by atoms with Crippen LogP contribution in [0.25, 0.3) is 0 Å². The molecule has 0 saturated carbocycles. The molecule has 0 aliphatic carbocycles. The van der Waals surface area contributed by atoms with Gasteiger partial charge in [-0.1, -0.05) is 19.1 Å². The summed E-state index contributed by atoms with van der Waals surface area (Å²) in [5.74, 6) is 0. The second-order valence-electron chi connectivity index (χ2n) is 4.30. The molecule has 0 spiro atoms. The summed E-state index contributed by atoms with van der Waals surface area (Å²) >= 11 is 0. The molecule has 8 heteroatoms. The molecule has 1 rings (SSSR count). The van der Waals surface area contributed by atoms with Gasteiger partial charge < -0.3 is 5.11 Å². The molecule has 0 heterocycles. The van der Waals surface area contributed by atoms with E-state index in [0.29, 0.717) is 15.4 Å². The number of aliphatic hydroxyl groups is 1. The van der Waals surface area contributed by atoms with Crippen molar-refractivity contribution in [1.82, 2.24) is 4.31 Å². The Labute approximate surface area is 115 Å². The number of nitrogens with zero attached hydrogens (tertiary/aromatic N) is 1. The number of hydrogen-bond acceptors (Lipinski definition) is 3. The lowest BCUT2D eigenvalue weighted by molar-refractivity contribution is -0.135. The van der Waals surface area contributed by atoms with Gasteiger partial charge >= 0.3 is 6.18 Å². The van der Waals surface area contributed by atoms with Crippen LogP contribution in [0.15, 0.2) is 23.1 Å². The van der Waals surface area contributed by atoms with E-state index in [0.717, 1.165) is 0 Å². The quantitative estimate of drug-likeness (QED) is 0.905. The van der Waals surface area contributed by atoms with E-state index in [1.54, 1.807) is 0 Å². The second-order valence-corrected chi connectivity index (χ2v) is 6.21. The maximum atomic E-state index is 12.4. The van der Waals surface area contributed by atoms with E-state index in [2.05, 4.69) is 0 Å². The molecule has 0 saturated heterocycles. The molecule has 0 unspecified atom stereocenters. The summed E-state index contributed by atoms with van der Waals surface area (Å²) in [7, 11) is -4.25. The zero-order chi connectivity index (χ0) is 15.6. The molecule has 1 aromatic rings. The minimum atomic E-state index is -4.61. The third-order valence-electron chi connectivity index (χ3n) is 2.76. The third kappa shape index (κ3) is 3.94. The molecule has 1 aromatic carbocycles. The Morgan fingerprint density at radius 1 is 1.30 bits per heavy atom. The van der Waals surface area contributed by atoms with Gasteiger partial charge in [0.2, 0.25) is 10.0 Å². The molecular formula is C12H16F3NO3S. The van der Waals surface area contributed by atoms with E-state index in [1.165, 1.54) is 32.0 Å². The summed E-state index contributed by atoms with van der Waals surface area (Å²) < 4.78 is 62.2. The van der Waals surface area contributed by atoms with E-state index in [4.69, 9.17) is 5.11 Å². The number of aryl methyl sites for hydroxylation is 1. The Morgan fingerprint density at radius 2 is 1.90 bits per heavy atom. The third-order valence-corrected chi connectivity index (χ3v) is 4.82. The first-order valence-electron chi connectivity index (χ1n) is 5.89. The summed E-state index contributed by atoms with van der Waals surface area (Å²) in [5.41, 5.74) is 0.667. The van der Waals surface area contributed by atoms with Gasteiger partial charge in [0.1, 0.15) is 6.54 Å². The zero-order valence-electron chi connectivity index (χ0n) is 11.1. The lowest BCUT2D eigenvalue weighted by Gasteiger charge is -2.23. The largest absolute Gasteiger partial charge is 0.402 e. The first-order valence-corrected chi connectivity index (χ1v) is 7.33. The van der Waals surface area contributed by atoms with Crippen molar-refractivity contribution >= 4 is 10.0 Å². The monoisotopic (exact) mass is 311 g/mol. The SMILES string of the molecule is CCN(CC(F)(F)F)S(=O)(=O)c1cc(CO)ccc1C. The van der Waals surface area contributed by atoms with Gasteiger partial charge in [-0.25, -0.2) is 8.42 Å². The fraction of sp³-hybridized carbons (Fsp3) is 0.500. The standard InChI is InChI=1S/C12H16F3NO3S/c1-3-16(8-12(13,14)15)20(18,19)11-6-10(7-17)5-4-9(11)2/h4-6,17H,3,7-8H2,1-2H3. The van der Waals surface area contributed by atoms with Gasteiger partial charge in [-0.2, -0.15) is 17.5 Å². The highest BCUT2D eigenvalue weighted by Crippen LogP contribution is 2.25. The van der Waals surface area contributed by atoms with Crippen LogP contribution in [0, 0.1) is 6.92 Å². The van der Waals surface area contributed by atoms with Crippen molar-refractivity contribution in [1.29, 1.82) is 0 Å². The summed E-state index contributed by atoms with van der Waals surface area (Å²) in [5, 5.41) is 9.01. The Morgan fingerprint density at radius 3 is 2.35 bits per heavy atom. The summed E-state index contributed by atoms with van der Waals surface area (Å²) in [4.78, 5) is -0.213. The van der Waals surface area contributed by atoms with Crippen molar-refractivity contribution in [3.8, 4) is 0 Å². The Bertz CT molecular complexity index is 570. The minimum Gasteiger partial charge on any atom is -0.392 e. The average Bonchev–Trinajstić information content (AvgIpc) is 2.35. The molecule has 4 nitrogen and oxygen atoms in total.